The first-order valence-corrected chi connectivity index (χ1v) is 9.09. The van der Waals surface area contributed by atoms with Crippen LogP contribution in [0, 0.1) is 0 Å². The standard InChI is InChI=1S/C19H21BrN2O2/c20-17-6-1-2-7-18(17)24-12-4-8-19(23)22(16-9-10-16)14-15-5-3-11-21-13-15/h1-3,5-7,11,13,16H,4,8-10,12,14H2. The molecule has 0 radical (unpaired) electrons. The average molecular weight is 389 g/mol. The number of ether oxygens (including phenoxy) is 1. The molecule has 126 valence electrons. The van der Waals surface area contributed by atoms with Crippen LogP contribution >= 0.6 is 15.9 Å². The normalized spacial score (nSPS) is 13.5. The highest BCUT2D eigenvalue weighted by Gasteiger charge is 2.32. The van der Waals surface area contributed by atoms with Crippen molar-refractivity contribution in [1.29, 1.82) is 0 Å². The summed E-state index contributed by atoms with van der Waals surface area (Å²) in [4.78, 5) is 18.7. The van der Waals surface area contributed by atoms with Crippen molar-refractivity contribution in [3.05, 3.63) is 58.8 Å². The minimum atomic E-state index is 0.206. The molecule has 0 bridgehead atoms. The predicted octanol–water partition coefficient (Wildman–Crippen LogP) is 4.19. The second-order valence-electron chi connectivity index (χ2n) is 6.00. The third-order valence-corrected chi connectivity index (χ3v) is 4.67. The fourth-order valence-corrected chi connectivity index (χ4v) is 3.01. The van der Waals surface area contributed by atoms with Crippen LogP contribution in [-0.4, -0.2) is 28.4 Å². The van der Waals surface area contributed by atoms with Gasteiger partial charge in [0.25, 0.3) is 0 Å². The van der Waals surface area contributed by atoms with Crippen LogP contribution in [0.1, 0.15) is 31.2 Å². The lowest BCUT2D eigenvalue weighted by molar-refractivity contribution is -0.132. The minimum absolute atomic E-state index is 0.206. The molecule has 0 spiro atoms. The molecule has 2 aromatic rings. The highest BCUT2D eigenvalue weighted by atomic mass is 79.9. The molecule has 0 N–H and O–H groups in total. The van der Waals surface area contributed by atoms with Crippen LogP contribution in [0.4, 0.5) is 0 Å². The van der Waals surface area contributed by atoms with Gasteiger partial charge in [0.1, 0.15) is 5.75 Å². The van der Waals surface area contributed by atoms with Gasteiger partial charge >= 0.3 is 0 Å². The maximum absolute atomic E-state index is 12.5. The van der Waals surface area contributed by atoms with Crippen LogP contribution in [0.3, 0.4) is 0 Å². The van der Waals surface area contributed by atoms with Gasteiger partial charge in [-0.05, 0) is 59.0 Å². The van der Waals surface area contributed by atoms with Gasteiger partial charge < -0.3 is 9.64 Å². The molecule has 1 aromatic carbocycles. The lowest BCUT2D eigenvalue weighted by Crippen LogP contribution is -2.32. The summed E-state index contributed by atoms with van der Waals surface area (Å²) in [6.45, 7) is 1.20. The second kappa shape index (κ2) is 8.29. The second-order valence-corrected chi connectivity index (χ2v) is 6.85. The quantitative estimate of drug-likeness (QED) is 0.636. The summed E-state index contributed by atoms with van der Waals surface area (Å²) in [6.07, 6.45) is 7.04. The number of pyridine rings is 1. The van der Waals surface area contributed by atoms with Crippen molar-refractivity contribution in [2.24, 2.45) is 0 Å². The van der Waals surface area contributed by atoms with E-state index >= 15 is 0 Å². The predicted molar refractivity (Wildman–Crippen MR) is 96.7 cm³/mol. The zero-order valence-electron chi connectivity index (χ0n) is 13.5. The fourth-order valence-electron chi connectivity index (χ4n) is 2.61. The van der Waals surface area contributed by atoms with E-state index in [0.29, 0.717) is 25.6 Å². The van der Waals surface area contributed by atoms with Gasteiger partial charge in [0.2, 0.25) is 5.91 Å². The minimum Gasteiger partial charge on any atom is -0.492 e. The fraction of sp³-hybridized carbons (Fsp3) is 0.368. The number of para-hydroxylation sites is 1. The number of aromatic nitrogens is 1. The number of benzene rings is 1. The summed E-state index contributed by atoms with van der Waals surface area (Å²) in [5.41, 5.74) is 1.09. The number of hydrogen-bond donors (Lipinski definition) is 0. The Morgan fingerprint density at radius 2 is 2.08 bits per heavy atom. The van der Waals surface area contributed by atoms with Crippen LogP contribution in [0.5, 0.6) is 5.75 Å². The van der Waals surface area contributed by atoms with Crippen molar-refractivity contribution in [2.75, 3.05) is 6.61 Å². The van der Waals surface area contributed by atoms with E-state index in [1.165, 1.54) is 0 Å². The van der Waals surface area contributed by atoms with Crippen molar-refractivity contribution in [1.82, 2.24) is 9.88 Å². The number of hydrogen-bond acceptors (Lipinski definition) is 3. The van der Waals surface area contributed by atoms with E-state index in [0.717, 1.165) is 35.0 Å². The van der Waals surface area contributed by atoms with Crippen molar-refractivity contribution in [3.63, 3.8) is 0 Å². The highest BCUT2D eigenvalue weighted by Crippen LogP contribution is 2.29. The molecule has 1 saturated carbocycles. The average Bonchev–Trinajstić information content (AvgIpc) is 3.43. The third kappa shape index (κ3) is 4.81. The number of halogens is 1. The topological polar surface area (TPSA) is 42.4 Å². The molecule has 0 atom stereocenters. The molecule has 3 rings (SSSR count). The van der Waals surface area contributed by atoms with E-state index < -0.39 is 0 Å². The van der Waals surface area contributed by atoms with Gasteiger partial charge in [-0.25, -0.2) is 0 Å². The largest absolute Gasteiger partial charge is 0.492 e. The summed E-state index contributed by atoms with van der Waals surface area (Å²) < 4.78 is 6.67. The van der Waals surface area contributed by atoms with Crippen LogP contribution in [0.2, 0.25) is 0 Å². The van der Waals surface area contributed by atoms with Gasteiger partial charge in [0, 0.05) is 31.4 Å². The van der Waals surface area contributed by atoms with E-state index in [2.05, 4.69) is 20.9 Å². The number of nitrogens with zero attached hydrogens (tertiary/aromatic N) is 2. The van der Waals surface area contributed by atoms with Gasteiger partial charge in [-0.1, -0.05) is 18.2 Å². The first-order chi connectivity index (χ1) is 11.7. The van der Waals surface area contributed by atoms with Gasteiger partial charge in [0.15, 0.2) is 0 Å². The Morgan fingerprint density at radius 1 is 1.25 bits per heavy atom. The summed E-state index contributed by atoms with van der Waals surface area (Å²) in [6, 6.07) is 12.1. The smallest absolute Gasteiger partial charge is 0.223 e. The Bertz CT molecular complexity index is 674. The molecular formula is C19H21BrN2O2. The summed E-state index contributed by atoms with van der Waals surface area (Å²) in [5, 5.41) is 0. The Hall–Kier alpha value is -1.88. The molecule has 0 unspecified atom stereocenters. The maximum Gasteiger partial charge on any atom is 0.223 e. The van der Waals surface area contributed by atoms with Gasteiger partial charge in [-0.15, -0.1) is 0 Å². The molecule has 5 heteroatoms. The zero-order chi connectivity index (χ0) is 16.8. The van der Waals surface area contributed by atoms with Crippen molar-refractivity contribution >= 4 is 21.8 Å². The molecule has 1 aliphatic carbocycles. The van der Waals surface area contributed by atoms with Crippen molar-refractivity contribution in [2.45, 2.75) is 38.3 Å². The molecule has 1 amide bonds. The van der Waals surface area contributed by atoms with E-state index in [1.807, 2.05) is 47.5 Å². The Labute approximate surface area is 151 Å². The number of rotatable bonds is 8. The van der Waals surface area contributed by atoms with Gasteiger partial charge in [-0.2, -0.15) is 0 Å². The Kier molecular flexibility index (Phi) is 5.86. The van der Waals surface area contributed by atoms with E-state index in [4.69, 9.17) is 4.74 Å². The lowest BCUT2D eigenvalue weighted by Gasteiger charge is -2.22. The van der Waals surface area contributed by atoms with Crippen LogP contribution in [-0.2, 0) is 11.3 Å². The first kappa shape index (κ1) is 17.0. The number of carbonyl (C=O) groups excluding carboxylic acids is 1. The molecule has 1 heterocycles. The van der Waals surface area contributed by atoms with Crippen molar-refractivity contribution in [3.8, 4) is 5.75 Å². The number of amides is 1. The van der Waals surface area contributed by atoms with Crippen molar-refractivity contribution < 1.29 is 9.53 Å². The van der Waals surface area contributed by atoms with Gasteiger partial charge in [0.05, 0.1) is 11.1 Å². The molecule has 0 saturated heterocycles. The molecule has 4 nitrogen and oxygen atoms in total. The third-order valence-electron chi connectivity index (χ3n) is 4.01. The highest BCUT2D eigenvalue weighted by molar-refractivity contribution is 9.10. The first-order valence-electron chi connectivity index (χ1n) is 8.30. The Balaban J connectivity index is 1.47. The van der Waals surface area contributed by atoms with Gasteiger partial charge in [-0.3, -0.25) is 9.78 Å². The summed E-state index contributed by atoms with van der Waals surface area (Å²) >= 11 is 3.46. The zero-order valence-corrected chi connectivity index (χ0v) is 15.1. The SMILES string of the molecule is O=C(CCCOc1ccccc1Br)N(Cc1cccnc1)C1CC1. The molecule has 1 fully saturated rings. The lowest BCUT2D eigenvalue weighted by atomic mass is 10.2. The monoisotopic (exact) mass is 388 g/mol. The van der Waals surface area contributed by atoms with E-state index in [1.54, 1.807) is 6.20 Å². The molecule has 24 heavy (non-hydrogen) atoms. The van der Waals surface area contributed by atoms with Crippen LogP contribution in [0.15, 0.2) is 53.3 Å². The maximum atomic E-state index is 12.5. The molecule has 0 aliphatic heterocycles. The summed E-state index contributed by atoms with van der Waals surface area (Å²) in [7, 11) is 0. The molecule has 1 aliphatic rings. The molecule has 1 aromatic heterocycles. The summed E-state index contributed by atoms with van der Waals surface area (Å²) in [5.74, 6) is 1.02. The Morgan fingerprint density at radius 3 is 2.79 bits per heavy atom. The number of carbonyl (C=O) groups is 1. The van der Waals surface area contributed by atoms with Crippen LogP contribution < -0.4 is 4.74 Å². The van der Waals surface area contributed by atoms with E-state index in [-0.39, 0.29) is 5.91 Å². The van der Waals surface area contributed by atoms with E-state index in [9.17, 15) is 4.79 Å². The van der Waals surface area contributed by atoms with Crippen LogP contribution in [0.25, 0.3) is 0 Å². The molecular weight excluding hydrogens is 368 g/mol.